The second kappa shape index (κ2) is 8.94. The van der Waals surface area contributed by atoms with Crippen LogP contribution in [0.1, 0.15) is 24.9 Å². The summed E-state index contributed by atoms with van der Waals surface area (Å²) in [6.45, 7) is 1.82. The van der Waals surface area contributed by atoms with Crippen LogP contribution >= 0.6 is 23.4 Å². The molecular formula is C18H19ClFNO2S. The molecule has 0 aliphatic rings. The summed E-state index contributed by atoms with van der Waals surface area (Å²) in [5, 5.41) is 3.57. The number of amides is 1. The maximum absolute atomic E-state index is 13.7. The molecule has 6 heteroatoms. The second-order valence-corrected chi connectivity index (χ2v) is 6.84. The SMILES string of the molecule is COc1ccc([C@H](C)NC(=O)CCSc2ccc(Cl)cc2)cc1F. The molecule has 0 aromatic heterocycles. The number of nitrogens with one attached hydrogen (secondary N) is 1. The quantitative estimate of drug-likeness (QED) is 0.711. The van der Waals surface area contributed by atoms with E-state index in [1.807, 2.05) is 31.2 Å². The number of benzene rings is 2. The maximum atomic E-state index is 13.7. The molecule has 0 fully saturated rings. The summed E-state index contributed by atoms with van der Waals surface area (Å²) in [5.41, 5.74) is 0.701. The highest BCUT2D eigenvalue weighted by molar-refractivity contribution is 7.99. The number of rotatable bonds is 7. The molecule has 2 aromatic rings. The minimum atomic E-state index is -0.436. The third-order valence-electron chi connectivity index (χ3n) is 3.46. The van der Waals surface area contributed by atoms with E-state index in [1.165, 1.54) is 13.2 Å². The lowest BCUT2D eigenvalue weighted by molar-refractivity contribution is -0.121. The molecule has 2 rings (SSSR count). The van der Waals surface area contributed by atoms with E-state index in [4.69, 9.17) is 16.3 Å². The van der Waals surface area contributed by atoms with Crippen LogP contribution in [0.2, 0.25) is 5.02 Å². The minimum Gasteiger partial charge on any atom is -0.494 e. The summed E-state index contributed by atoms with van der Waals surface area (Å²) in [6, 6.07) is 11.9. The molecule has 0 unspecified atom stereocenters. The van der Waals surface area contributed by atoms with Crippen LogP contribution in [-0.2, 0) is 4.79 Å². The van der Waals surface area contributed by atoms with Crippen molar-refractivity contribution >= 4 is 29.3 Å². The molecule has 128 valence electrons. The molecule has 1 amide bonds. The lowest BCUT2D eigenvalue weighted by atomic mass is 10.1. The zero-order valence-corrected chi connectivity index (χ0v) is 15.1. The summed E-state index contributed by atoms with van der Waals surface area (Å²) < 4.78 is 18.6. The minimum absolute atomic E-state index is 0.0693. The average molecular weight is 368 g/mol. The first-order valence-electron chi connectivity index (χ1n) is 7.50. The number of methoxy groups -OCH3 is 1. The Bertz CT molecular complexity index is 694. The van der Waals surface area contributed by atoms with Gasteiger partial charge in [0.25, 0.3) is 0 Å². The van der Waals surface area contributed by atoms with Gasteiger partial charge in [-0.1, -0.05) is 17.7 Å². The molecule has 1 atom stereocenters. The van der Waals surface area contributed by atoms with Crippen LogP contribution in [0.5, 0.6) is 5.75 Å². The van der Waals surface area contributed by atoms with Gasteiger partial charge in [0.2, 0.25) is 5.91 Å². The van der Waals surface area contributed by atoms with E-state index in [0.717, 1.165) is 4.90 Å². The van der Waals surface area contributed by atoms with Crippen LogP contribution < -0.4 is 10.1 Å². The lowest BCUT2D eigenvalue weighted by Gasteiger charge is -2.15. The molecular weight excluding hydrogens is 349 g/mol. The van der Waals surface area contributed by atoms with Gasteiger partial charge < -0.3 is 10.1 Å². The predicted octanol–water partition coefficient (Wildman–Crippen LogP) is 4.85. The highest BCUT2D eigenvalue weighted by Crippen LogP contribution is 2.23. The lowest BCUT2D eigenvalue weighted by Crippen LogP contribution is -2.26. The van der Waals surface area contributed by atoms with Crippen LogP contribution in [0.15, 0.2) is 47.4 Å². The van der Waals surface area contributed by atoms with Gasteiger partial charge in [0, 0.05) is 22.1 Å². The van der Waals surface area contributed by atoms with Gasteiger partial charge in [-0.3, -0.25) is 4.79 Å². The van der Waals surface area contributed by atoms with E-state index in [9.17, 15) is 9.18 Å². The van der Waals surface area contributed by atoms with E-state index in [0.29, 0.717) is 22.8 Å². The Hall–Kier alpha value is -1.72. The number of ether oxygens (including phenoxy) is 1. The third-order valence-corrected chi connectivity index (χ3v) is 4.73. The number of hydrogen-bond donors (Lipinski definition) is 1. The normalized spacial score (nSPS) is 11.8. The fourth-order valence-corrected chi connectivity index (χ4v) is 3.12. The number of thioether (sulfide) groups is 1. The Morgan fingerprint density at radius 3 is 2.62 bits per heavy atom. The van der Waals surface area contributed by atoms with Gasteiger partial charge in [-0.15, -0.1) is 11.8 Å². The summed E-state index contributed by atoms with van der Waals surface area (Å²) in [4.78, 5) is 13.1. The van der Waals surface area contributed by atoms with Crippen molar-refractivity contribution in [3.63, 3.8) is 0 Å². The van der Waals surface area contributed by atoms with Crippen LogP contribution in [0, 0.1) is 5.82 Å². The third kappa shape index (κ3) is 5.42. The van der Waals surface area contributed by atoms with Crippen molar-refractivity contribution in [3.8, 4) is 5.75 Å². The Labute approximate surface area is 150 Å². The summed E-state index contributed by atoms with van der Waals surface area (Å²) in [6.07, 6.45) is 0.385. The Kier molecular flexibility index (Phi) is 6.94. The number of carbonyl (C=O) groups is 1. The molecule has 0 aliphatic carbocycles. The zero-order chi connectivity index (χ0) is 17.5. The van der Waals surface area contributed by atoms with Crippen molar-refractivity contribution in [2.75, 3.05) is 12.9 Å². The van der Waals surface area contributed by atoms with Crippen LogP contribution in [0.3, 0.4) is 0 Å². The van der Waals surface area contributed by atoms with Gasteiger partial charge in [-0.2, -0.15) is 0 Å². The molecule has 1 N–H and O–H groups in total. The number of carbonyl (C=O) groups excluding carboxylic acids is 1. The molecule has 0 spiro atoms. The van der Waals surface area contributed by atoms with Crippen molar-refractivity contribution in [2.45, 2.75) is 24.3 Å². The molecule has 0 radical (unpaired) electrons. The summed E-state index contributed by atoms with van der Waals surface area (Å²) in [5.74, 6) is 0.350. The van der Waals surface area contributed by atoms with E-state index in [1.54, 1.807) is 23.9 Å². The standard InChI is InChI=1S/C18H19ClFNO2S/c1-12(13-3-8-17(23-2)16(20)11-13)21-18(22)9-10-24-15-6-4-14(19)5-7-15/h3-8,11-12H,9-10H2,1-2H3,(H,21,22)/t12-/m0/s1. The Morgan fingerprint density at radius 2 is 2.00 bits per heavy atom. The molecule has 0 bridgehead atoms. The second-order valence-electron chi connectivity index (χ2n) is 5.24. The van der Waals surface area contributed by atoms with Gasteiger partial charge in [0.1, 0.15) is 0 Å². The molecule has 0 aliphatic heterocycles. The number of hydrogen-bond acceptors (Lipinski definition) is 3. The van der Waals surface area contributed by atoms with Crippen LogP contribution in [0.4, 0.5) is 4.39 Å². The van der Waals surface area contributed by atoms with Crippen molar-refractivity contribution in [1.82, 2.24) is 5.32 Å². The Balaban J connectivity index is 1.81. The molecule has 3 nitrogen and oxygen atoms in total. The smallest absolute Gasteiger partial charge is 0.221 e. The van der Waals surface area contributed by atoms with Crippen LogP contribution in [0.25, 0.3) is 0 Å². The molecule has 0 saturated carbocycles. The van der Waals surface area contributed by atoms with Crippen LogP contribution in [-0.4, -0.2) is 18.8 Å². The largest absolute Gasteiger partial charge is 0.494 e. The zero-order valence-electron chi connectivity index (χ0n) is 13.5. The molecule has 24 heavy (non-hydrogen) atoms. The maximum Gasteiger partial charge on any atom is 0.221 e. The van der Waals surface area contributed by atoms with E-state index < -0.39 is 5.82 Å². The summed E-state index contributed by atoms with van der Waals surface area (Å²) >= 11 is 7.43. The predicted molar refractivity (Wildman–Crippen MR) is 96.3 cm³/mol. The first-order chi connectivity index (χ1) is 11.5. The fraction of sp³-hybridized carbons (Fsp3) is 0.278. The number of halogens is 2. The fourth-order valence-electron chi connectivity index (χ4n) is 2.14. The molecule has 0 heterocycles. The average Bonchev–Trinajstić information content (AvgIpc) is 2.56. The summed E-state index contributed by atoms with van der Waals surface area (Å²) in [7, 11) is 1.42. The van der Waals surface area contributed by atoms with Gasteiger partial charge in [-0.05, 0) is 48.9 Å². The highest BCUT2D eigenvalue weighted by Gasteiger charge is 2.12. The molecule has 2 aromatic carbocycles. The van der Waals surface area contributed by atoms with Gasteiger partial charge in [0.15, 0.2) is 11.6 Å². The van der Waals surface area contributed by atoms with Gasteiger partial charge >= 0.3 is 0 Å². The van der Waals surface area contributed by atoms with Crippen molar-refractivity contribution < 1.29 is 13.9 Å². The first-order valence-corrected chi connectivity index (χ1v) is 8.87. The van der Waals surface area contributed by atoms with Crippen molar-refractivity contribution in [1.29, 1.82) is 0 Å². The topological polar surface area (TPSA) is 38.3 Å². The Morgan fingerprint density at radius 1 is 1.29 bits per heavy atom. The first kappa shape index (κ1) is 18.6. The van der Waals surface area contributed by atoms with E-state index >= 15 is 0 Å². The van der Waals surface area contributed by atoms with Crippen molar-refractivity contribution in [2.24, 2.45) is 0 Å². The van der Waals surface area contributed by atoms with Gasteiger partial charge in [-0.25, -0.2) is 4.39 Å². The monoisotopic (exact) mass is 367 g/mol. The van der Waals surface area contributed by atoms with Crippen molar-refractivity contribution in [3.05, 3.63) is 58.9 Å². The molecule has 0 saturated heterocycles. The van der Waals surface area contributed by atoms with Gasteiger partial charge in [0.05, 0.1) is 13.2 Å². The van der Waals surface area contributed by atoms with E-state index in [2.05, 4.69) is 5.32 Å². The van der Waals surface area contributed by atoms with E-state index in [-0.39, 0.29) is 17.7 Å². The highest BCUT2D eigenvalue weighted by atomic mass is 35.5.